The molecule has 0 saturated heterocycles. The molecule has 0 atom stereocenters. The van der Waals surface area contributed by atoms with Gasteiger partial charge in [0, 0.05) is 23.7 Å². The predicted molar refractivity (Wildman–Crippen MR) is 60.4 cm³/mol. The normalized spacial score (nSPS) is 10.6. The monoisotopic (exact) mass is 240 g/mol. The third-order valence-corrected chi connectivity index (χ3v) is 2.19. The molecule has 0 radical (unpaired) electrons. The van der Waals surface area contributed by atoms with Crippen molar-refractivity contribution < 1.29 is 9.72 Å². The molecular formula is C10H9ClN2O3. The van der Waals surface area contributed by atoms with Crippen LogP contribution in [0.25, 0.3) is 6.08 Å². The Morgan fingerprint density at radius 1 is 1.62 bits per heavy atom. The summed E-state index contributed by atoms with van der Waals surface area (Å²) in [6.07, 6.45) is 4.22. The molecule has 1 aromatic rings. The van der Waals surface area contributed by atoms with Crippen molar-refractivity contribution in [3.05, 3.63) is 38.7 Å². The van der Waals surface area contributed by atoms with Gasteiger partial charge in [-0.05, 0) is 6.92 Å². The maximum atomic E-state index is 10.6. The smallest absolute Gasteiger partial charge is 0.303 e. The molecule has 0 saturated carbocycles. The number of rotatable bonds is 4. The molecule has 0 aliphatic carbocycles. The van der Waals surface area contributed by atoms with Gasteiger partial charge in [0.1, 0.15) is 6.29 Å². The molecule has 5 nitrogen and oxygen atoms in total. The summed E-state index contributed by atoms with van der Waals surface area (Å²) in [5.41, 5.74) is 0.925. The maximum Gasteiger partial charge on any atom is 0.307 e. The molecule has 0 bridgehead atoms. The second-order valence-electron chi connectivity index (χ2n) is 3.03. The summed E-state index contributed by atoms with van der Waals surface area (Å²) in [7, 11) is 0. The van der Waals surface area contributed by atoms with Crippen LogP contribution in [0.3, 0.4) is 0 Å². The van der Waals surface area contributed by atoms with Crippen LogP contribution >= 0.6 is 11.6 Å². The third-order valence-electron chi connectivity index (χ3n) is 1.91. The highest BCUT2D eigenvalue weighted by atomic mass is 35.5. The number of pyridine rings is 1. The lowest BCUT2D eigenvalue weighted by Crippen LogP contribution is -1.95. The topological polar surface area (TPSA) is 73.1 Å². The van der Waals surface area contributed by atoms with Gasteiger partial charge in [-0.3, -0.25) is 10.1 Å². The molecule has 84 valence electrons. The van der Waals surface area contributed by atoms with Crippen LogP contribution in [-0.4, -0.2) is 16.2 Å². The number of carbonyl (C=O) groups excluding carboxylic acids is 1. The van der Waals surface area contributed by atoms with Crippen molar-refractivity contribution in [1.29, 1.82) is 0 Å². The SMILES string of the molecule is Cc1nc(Cl)c([N+](=O)[O-])cc1C=CCC=O. The average molecular weight is 241 g/mol. The van der Waals surface area contributed by atoms with E-state index in [-0.39, 0.29) is 17.3 Å². The number of aryl methyl sites for hydroxylation is 1. The highest BCUT2D eigenvalue weighted by Crippen LogP contribution is 2.25. The molecule has 1 aromatic heterocycles. The molecule has 0 aromatic carbocycles. The minimum absolute atomic E-state index is 0.130. The zero-order valence-electron chi connectivity index (χ0n) is 8.51. The molecule has 0 unspecified atom stereocenters. The minimum Gasteiger partial charge on any atom is -0.303 e. The van der Waals surface area contributed by atoms with E-state index in [1.165, 1.54) is 6.07 Å². The maximum absolute atomic E-state index is 10.6. The number of carbonyl (C=O) groups is 1. The molecule has 0 fully saturated rings. The van der Waals surface area contributed by atoms with Crippen LogP contribution in [0.5, 0.6) is 0 Å². The van der Waals surface area contributed by atoms with Crippen LogP contribution in [0.1, 0.15) is 17.7 Å². The van der Waals surface area contributed by atoms with Crippen LogP contribution in [0.4, 0.5) is 5.69 Å². The van der Waals surface area contributed by atoms with Gasteiger partial charge in [0.05, 0.1) is 4.92 Å². The van der Waals surface area contributed by atoms with Gasteiger partial charge >= 0.3 is 5.69 Å². The van der Waals surface area contributed by atoms with Crippen LogP contribution in [0.15, 0.2) is 12.1 Å². The highest BCUT2D eigenvalue weighted by molar-refractivity contribution is 6.31. The molecule has 16 heavy (non-hydrogen) atoms. The van der Waals surface area contributed by atoms with Crippen molar-refractivity contribution in [3.63, 3.8) is 0 Å². The third kappa shape index (κ3) is 2.87. The van der Waals surface area contributed by atoms with Gasteiger partial charge in [0.25, 0.3) is 0 Å². The molecule has 1 rings (SSSR count). The number of halogens is 1. The Bertz CT molecular complexity index is 458. The van der Waals surface area contributed by atoms with E-state index in [4.69, 9.17) is 11.6 Å². The summed E-state index contributed by atoms with van der Waals surface area (Å²) in [4.78, 5) is 24.0. The Labute approximate surface area is 96.9 Å². The summed E-state index contributed by atoms with van der Waals surface area (Å²) >= 11 is 5.62. The Kier molecular flexibility index (Phi) is 4.13. The Balaban J connectivity index is 3.14. The number of nitro groups is 1. The molecule has 0 spiro atoms. The van der Waals surface area contributed by atoms with E-state index in [0.29, 0.717) is 11.3 Å². The Hall–Kier alpha value is -1.75. The lowest BCUT2D eigenvalue weighted by molar-refractivity contribution is -0.385. The molecule has 6 heteroatoms. The van der Waals surface area contributed by atoms with Crippen molar-refractivity contribution in [2.45, 2.75) is 13.3 Å². The van der Waals surface area contributed by atoms with E-state index in [9.17, 15) is 14.9 Å². The summed E-state index contributed by atoms with van der Waals surface area (Å²) in [6, 6.07) is 1.34. The number of nitrogens with zero attached hydrogens (tertiary/aromatic N) is 2. The van der Waals surface area contributed by atoms with Gasteiger partial charge in [0.15, 0.2) is 0 Å². The predicted octanol–water partition coefficient (Wildman–Crippen LogP) is 2.55. The minimum atomic E-state index is -0.591. The first-order valence-electron chi connectivity index (χ1n) is 4.48. The summed E-state index contributed by atoms with van der Waals surface area (Å²) in [5, 5.41) is 10.5. The summed E-state index contributed by atoms with van der Waals surface area (Å²) < 4.78 is 0. The van der Waals surface area contributed by atoms with E-state index in [1.807, 2.05) is 0 Å². The van der Waals surface area contributed by atoms with E-state index in [1.54, 1.807) is 19.1 Å². The number of hydrogen-bond donors (Lipinski definition) is 0. The quantitative estimate of drug-likeness (QED) is 0.351. The van der Waals surface area contributed by atoms with E-state index >= 15 is 0 Å². The van der Waals surface area contributed by atoms with E-state index in [0.717, 1.165) is 6.29 Å². The van der Waals surface area contributed by atoms with Crippen molar-refractivity contribution in [2.24, 2.45) is 0 Å². The van der Waals surface area contributed by atoms with Crippen molar-refractivity contribution in [2.75, 3.05) is 0 Å². The summed E-state index contributed by atoms with van der Waals surface area (Å²) in [6.45, 7) is 1.69. The first-order valence-corrected chi connectivity index (χ1v) is 4.85. The van der Waals surface area contributed by atoms with Crippen molar-refractivity contribution >= 4 is 29.7 Å². The Morgan fingerprint density at radius 2 is 2.31 bits per heavy atom. The number of aromatic nitrogens is 1. The fourth-order valence-corrected chi connectivity index (χ4v) is 1.38. The molecule has 0 amide bonds. The molecule has 0 aliphatic rings. The van der Waals surface area contributed by atoms with Gasteiger partial charge in [-0.2, -0.15) is 0 Å². The number of allylic oxidation sites excluding steroid dienone is 1. The first kappa shape index (κ1) is 12.3. The van der Waals surface area contributed by atoms with Crippen LogP contribution in [0, 0.1) is 17.0 Å². The average Bonchev–Trinajstić information content (AvgIpc) is 2.21. The molecular weight excluding hydrogens is 232 g/mol. The van der Waals surface area contributed by atoms with Gasteiger partial charge < -0.3 is 4.79 Å². The van der Waals surface area contributed by atoms with E-state index in [2.05, 4.69) is 4.98 Å². The van der Waals surface area contributed by atoms with Gasteiger partial charge in [-0.1, -0.05) is 23.8 Å². The second kappa shape index (κ2) is 5.37. The summed E-state index contributed by atoms with van der Waals surface area (Å²) in [5.74, 6) is 0. The fraction of sp³-hybridized carbons (Fsp3) is 0.200. The largest absolute Gasteiger partial charge is 0.307 e. The van der Waals surface area contributed by atoms with Gasteiger partial charge in [-0.15, -0.1) is 0 Å². The van der Waals surface area contributed by atoms with Crippen molar-refractivity contribution in [1.82, 2.24) is 4.98 Å². The highest BCUT2D eigenvalue weighted by Gasteiger charge is 2.15. The van der Waals surface area contributed by atoms with Crippen molar-refractivity contribution in [3.8, 4) is 0 Å². The second-order valence-corrected chi connectivity index (χ2v) is 3.39. The zero-order valence-corrected chi connectivity index (χ0v) is 9.27. The molecule has 0 N–H and O–H groups in total. The zero-order chi connectivity index (χ0) is 12.1. The number of aldehydes is 1. The van der Waals surface area contributed by atoms with Crippen LogP contribution in [-0.2, 0) is 4.79 Å². The lowest BCUT2D eigenvalue weighted by atomic mass is 10.1. The van der Waals surface area contributed by atoms with Gasteiger partial charge in [-0.25, -0.2) is 4.98 Å². The fourth-order valence-electron chi connectivity index (χ4n) is 1.13. The standard InChI is InChI=1S/C10H9ClN2O3/c1-7-8(4-2-3-5-14)6-9(13(15)16)10(11)12-7/h2,4-6H,3H2,1H3. The first-order chi connectivity index (χ1) is 7.56. The van der Waals surface area contributed by atoms with E-state index < -0.39 is 4.92 Å². The van der Waals surface area contributed by atoms with Crippen LogP contribution < -0.4 is 0 Å². The molecule has 0 aliphatic heterocycles. The Morgan fingerprint density at radius 3 is 2.88 bits per heavy atom. The van der Waals surface area contributed by atoms with Crippen LogP contribution in [0.2, 0.25) is 5.15 Å². The lowest BCUT2D eigenvalue weighted by Gasteiger charge is -2.01. The van der Waals surface area contributed by atoms with Gasteiger partial charge in [0.2, 0.25) is 5.15 Å². The molecule has 1 heterocycles. The number of hydrogen-bond acceptors (Lipinski definition) is 4.